The number of hydrogen-bond acceptors (Lipinski definition) is 5. The number of imide groups is 1. The Balaban J connectivity index is 1.41. The number of benzene rings is 3. The maximum atomic E-state index is 12.0. The maximum Gasteiger partial charge on any atom is 0.331 e. The highest BCUT2D eigenvalue weighted by Gasteiger charge is 2.12. The van der Waals surface area contributed by atoms with Crippen molar-refractivity contribution in [3.8, 4) is 11.5 Å². The van der Waals surface area contributed by atoms with Crippen LogP contribution in [0.2, 0.25) is 5.02 Å². The number of rotatable bonds is 4. The molecule has 6 nitrogen and oxygen atoms in total. The van der Waals surface area contributed by atoms with Crippen molar-refractivity contribution in [2.45, 2.75) is 4.90 Å². The number of fused-ring (bicyclic) bond motifs is 1. The number of nitrogens with one attached hydrogen (secondary N) is 2. The first-order valence-electron chi connectivity index (χ1n) is 8.58. The molecule has 0 saturated carbocycles. The van der Waals surface area contributed by atoms with Crippen LogP contribution in [-0.4, -0.2) is 16.9 Å². The van der Waals surface area contributed by atoms with E-state index < -0.39 is 11.9 Å². The largest absolute Gasteiger partial charge is 0.436 e. The Morgan fingerprint density at radius 3 is 2.48 bits per heavy atom. The van der Waals surface area contributed by atoms with Crippen molar-refractivity contribution in [3.63, 3.8) is 0 Å². The first-order valence-corrected chi connectivity index (χ1v) is 9.78. The first kappa shape index (κ1) is 19.0. The lowest BCUT2D eigenvalue weighted by molar-refractivity contribution is 0.0965. The number of aromatic nitrogens is 1. The van der Waals surface area contributed by atoms with Gasteiger partial charge in [0.2, 0.25) is 5.89 Å². The van der Waals surface area contributed by atoms with E-state index in [0.717, 1.165) is 22.4 Å². The number of carbonyl (C=O) groups excluding carboxylic acids is 2. The van der Waals surface area contributed by atoms with Crippen molar-refractivity contribution < 1.29 is 14.0 Å². The Kier molecular flexibility index (Phi) is 5.50. The number of halogens is 1. The van der Waals surface area contributed by atoms with E-state index in [1.807, 2.05) is 12.1 Å². The monoisotopic (exact) mass is 423 g/mol. The molecular weight excluding hydrogens is 410 g/mol. The summed E-state index contributed by atoms with van der Waals surface area (Å²) in [4.78, 5) is 29.2. The third-order valence-electron chi connectivity index (χ3n) is 3.97. The van der Waals surface area contributed by atoms with Crippen LogP contribution in [0.5, 0.6) is 0 Å². The number of nitrogens with zero attached hydrogens (tertiary/aromatic N) is 1. The molecule has 0 radical (unpaired) electrons. The lowest BCUT2D eigenvalue weighted by atomic mass is 10.2. The van der Waals surface area contributed by atoms with E-state index in [1.54, 1.807) is 60.7 Å². The molecule has 0 aliphatic carbocycles. The smallest absolute Gasteiger partial charge is 0.331 e. The van der Waals surface area contributed by atoms with Crippen molar-refractivity contribution >= 4 is 46.6 Å². The SMILES string of the molecule is O=C(NSc1ccc2oc(-c3ccc(Cl)cc3)nc2c1)NC(=O)c1ccccc1. The fraction of sp³-hybridized carbons (Fsp3) is 0. The standard InChI is InChI=1S/C21H14ClN3O3S/c22-15-8-6-14(7-9-15)20-23-17-12-16(10-11-18(17)28-20)29-25-21(27)24-19(26)13-4-2-1-3-5-13/h1-12H,(H2,24,25,26,27). The predicted octanol–water partition coefficient (Wildman–Crippen LogP) is 5.29. The fourth-order valence-electron chi connectivity index (χ4n) is 2.58. The Bertz CT molecular complexity index is 1180. The van der Waals surface area contributed by atoms with Gasteiger partial charge in [-0.3, -0.25) is 14.8 Å². The highest BCUT2D eigenvalue weighted by Crippen LogP contribution is 2.27. The summed E-state index contributed by atoms with van der Waals surface area (Å²) in [5.41, 5.74) is 2.51. The summed E-state index contributed by atoms with van der Waals surface area (Å²) in [5.74, 6) is 0.0150. The van der Waals surface area contributed by atoms with Gasteiger partial charge in [0.15, 0.2) is 5.58 Å². The lowest BCUT2D eigenvalue weighted by Gasteiger charge is -2.05. The summed E-state index contributed by atoms with van der Waals surface area (Å²) in [5, 5.41) is 2.92. The molecule has 0 spiro atoms. The molecule has 0 bridgehead atoms. The molecule has 0 fully saturated rings. The highest BCUT2D eigenvalue weighted by atomic mass is 35.5. The van der Waals surface area contributed by atoms with Gasteiger partial charge < -0.3 is 4.42 Å². The topological polar surface area (TPSA) is 84.2 Å². The molecule has 2 N–H and O–H groups in total. The summed E-state index contributed by atoms with van der Waals surface area (Å²) >= 11 is 6.98. The fourth-order valence-corrected chi connectivity index (χ4v) is 3.28. The van der Waals surface area contributed by atoms with Gasteiger partial charge in [-0.15, -0.1) is 0 Å². The van der Waals surface area contributed by atoms with Crippen molar-refractivity contribution in [1.29, 1.82) is 0 Å². The number of oxazole rings is 1. The number of hydrogen-bond donors (Lipinski definition) is 2. The highest BCUT2D eigenvalue weighted by molar-refractivity contribution is 7.98. The zero-order valence-electron chi connectivity index (χ0n) is 14.9. The molecule has 29 heavy (non-hydrogen) atoms. The molecule has 3 amide bonds. The van der Waals surface area contributed by atoms with Gasteiger partial charge in [-0.1, -0.05) is 29.8 Å². The summed E-state index contributed by atoms with van der Waals surface area (Å²) < 4.78 is 8.35. The average molecular weight is 424 g/mol. The van der Waals surface area contributed by atoms with Crippen molar-refractivity contribution in [2.75, 3.05) is 0 Å². The van der Waals surface area contributed by atoms with Crippen LogP contribution in [0.25, 0.3) is 22.6 Å². The lowest BCUT2D eigenvalue weighted by Crippen LogP contribution is -2.36. The van der Waals surface area contributed by atoms with Gasteiger partial charge in [0.25, 0.3) is 5.91 Å². The maximum absolute atomic E-state index is 12.0. The third-order valence-corrected chi connectivity index (χ3v) is 5.00. The molecule has 8 heteroatoms. The van der Waals surface area contributed by atoms with E-state index in [2.05, 4.69) is 15.0 Å². The van der Waals surface area contributed by atoms with Gasteiger partial charge in [-0.2, -0.15) is 0 Å². The van der Waals surface area contributed by atoms with Crippen LogP contribution in [0.3, 0.4) is 0 Å². The molecule has 0 aliphatic heterocycles. The summed E-state index contributed by atoms with van der Waals surface area (Å²) in [7, 11) is 0. The van der Waals surface area contributed by atoms with Crippen molar-refractivity contribution in [3.05, 3.63) is 83.4 Å². The Labute approximate surface area is 175 Å². The summed E-state index contributed by atoms with van der Waals surface area (Å²) in [6.07, 6.45) is 0. The molecule has 0 atom stereocenters. The molecule has 1 heterocycles. The minimum atomic E-state index is -0.606. The third kappa shape index (κ3) is 4.59. The van der Waals surface area contributed by atoms with E-state index >= 15 is 0 Å². The number of carbonyl (C=O) groups is 2. The van der Waals surface area contributed by atoms with Crippen LogP contribution in [0.15, 0.2) is 82.1 Å². The Morgan fingerprint density at radius 2 is 1.72 bits per heavy atom. The minimum absolute atomic E-state index is 0.409. The number of urea groups is 1. The zero-order valence-corrected chi connectivity index (χ0v) is 16.5. The van der Waals surface area contributed by atoms with Crippen LogP contribution >= 0.6 is 23.5 Å². The molecule has 4 aromatic rings. The predicted molar refractivity (Wildman–Crippen MR) is 113 cm³/mol. The van der Waals surface area contributed by atoms with Crippen molar-refractivity contribution in [2.24, 2.45) is 0 Å². The normalized spacial score (nSPS) is 10.7. The second-order valence-electron chi connectivity index (χ2n) is 6.01. The minimum Gasteiger partial charge on any atom is -0.436 e. The molecule has 3 aromatic carbocycles. The average Bonchev–Trinajstić information content (AvgIpc) is 3.16. The molecule has 1 aromatic heterocycles. The van der Waals surface area contributed by atoms with Gasteiger partial charge >= 0.3 is 6.03 Å². The first-order chi connectivity index (χ1) is 14.1. The van der Waals surface area contributed by atoms with Crippen LogP contribution < -0.4 is 10.0 Å². The molecule has 4 rings (SSSR count). The van der Waals surface area contributed by atoms with Gasteiger partial charge in [0.1, 0.15) is 5.52 Å². The van der Waals surface area contributed by atoms with Crippen LogP contribution in [0, 0.1) is 0 Å². The van der Waals surface area contributed by atoms with E-state index in [4.69, 9.17) is 16.0 Å². The quantitative estimate of drug-likeness (QED) is 0.435. The van der Waals surface area contributed by atoms with E-state index in [0.29, 0.717) is 27.6 Å². The Morgan fingerprint density at radius 1 is 0.966 bits per heavy atom. The van der Waals surface area contributed by atoms with Gasteiger partial charge in [0.05, 0.1) is 0 Å². The molecule has 0 aliphatic rings. The Hall–Kier alpha value is -3.29. The van der Waals surface area contributed by atoms with E-state index in [9.17, 15) is 9.59 Å². The van der Waals surface area contributed by atoms with Crippen LogP contribution in [0.4, 0.5) is 4.79 Å². The van der Waals surface area contributed by atoms with Gasteiger partial charge in [0, 0.05) is 21.0 Å². The second-order valence-corrected chi connectivity index (χ2v) is 7.32. The summed E-state index contributed by atoms with van der Waals surface area (Å²) in [6.45, 7) is 0. The van der Waals surface area contributed by atoms with Gasteiger partial charge in [-0.25, -0.2) is 9.78 Å². The molecule has 144 valence electrons. The summed E-state index contributed by atoms with van der Waals surface area (Å²) in [6, 6.07) is 20.5. The van der Waals surface area contributed by atoms with Crippen molar-refractivity contribution in [1.82, 2.24) is 15.0 Å². The van der Waals surface area contributed by atoms with E-state index in [-0.39, 0.29) is 0 Å². The molecule has 0 unspecified atom stereocenters. The number of amides is 3. The molecule has 0 saturated heterocycles. The van der Waals surface area contributed by atoms with Gasteiger partial charge in [-0.05, 0) is 66.5 Å². The molecular formula is C21H14ClN3O3S. The second kappa shape index (κ2) is 8.38. The van der Waals surface area contributed by atoms with Crippen LogP contribution in [-0.2, 0) is 0 Å². The van der Waals surface area contributed by atoms with E-state index in [1.165, 1.54) is 0 Å². The van der Waals surface area contributed by atoms with Crippen LogP contribution in [0.1, 0.15) is 10.4 Å². The zero-order chi connectivity index (χ0) is 20.2.